The van der Waals surface area contributed by atoms with E-state index in [-0.39, 0.29) is 34.3 Å². The van der Waals surface area contributed by atoms with Gasteiger partial charge in [-0.05, 0) is 75.5 Å². The van der Waals surface area contributed by atoms with E-state index in [9.17, 15) is 28.0 Å². The van der Waals surface area contributed by atoms with Gasteiger partial charge in [-0.15, -0.1) is 0 Å². The van der Waals surface area contributed by atoms with E-state index in [0.717, 1.165) is 37.8 Å². The fourth-order valence-electron chi connectivity index (χ4n) is 5.20. The molecule has 2 saturated carbocycles. The lowest BCUT2D eigenvalue weighted by Crippen LogP contribution is -2.50. The molecule has 0 spiro atoms. The summed E-state index contributed by atoms with van der Waals surface area (Å²) in [5, 5.41) is 21.2. The molecule has 1 atom stereocenters. The van der Waals surface area contributed by atoms with Gasteiger partial charge in [0, 0.05) is 23.9 Å². The summed E-state index contributed by atoms with van der Waals surface area (Å²) in [5.41, 5.74) is -2.12. The summed E-state index contributed by atoms with van der Waals surface area (Å²) in [6.45, 7) is 3.75. The standard InChI is InChI=1S/C27H28F4N6O3/c1-14(2)37-20(9-11-32-37)25(38)35-23(22(15-3-4-15)16-5-6-16)26(39)34-21-8-7-17(24(28)33-21)18-13-36(40)12-10-19(18)27(29,30)31/h7-16,22-23H,3-6H2,1-2H3,(H,35,38)(H,33,34,39)/t23-/m0/s1. The highest BCUT2D eigenvalue weighted by Gasteiger charge is 2.48. The summed E-state index contributed by atoms with van der Waals surface area (Å²) < 4.78 is 57.1. The maximum atomic E-state index is 15.0. The number of rotatable bonds is 9. The van der Waals surface area contributed by atoms with Crippen LogP contribution in [-0.2, 0) is 11.0 Å². The summed E-state index contributed by atoms with van der Waals surface area (Å²) in [6.07, 6.45) is 1.70. The van der Waals surface area contributed by atoms with Crippen molar-refractivity contribution in [1.82, 2.24) is 20.1 Å². The first-order valence-corrected chi connectivity index (χ1v) is 13.1. The van der Waals surface area contributed by atoms with Gasteiger partial charge in [0.1, 0.15) is 17.6 Å². The average Bonchev–Trinajstić information content (AvgIpc) is 3.82. The van der Waals surface area contributed by atoms with Gasteiger partial charge in [-0.1, -0.05) is 0 Å². The van der Waals surface area contributed by atoms with Gasteiger partial charge in [0.2, 0.25) is 11.9 Å². The molecule has 2 aliphatic rings. The second kappa shape index (κ2) is 10.5. The molecule has 0 unspecified atom stereocenters. The van der Waals surface area contributed by atoms with E-state index >= 15 is 4.39 Å². The van der Waals surface area contributed by atoms with Crippen molar-refractivity contribution >= 4 is 17.6 Å². The second-order valence-electron chi connectivity index (χ2n) is 10.6. The Bertz CT molecular complexity index is 1420. The van der Waals surface area contributed by atoms with Gasteiger partial charge in [0.05, 0.1) is 11.1 Å². The summed E-state index contributed by atoms with van der Waals surface area (Å²) in [6, 6.07) is 3.29. The fourth-order valence-corrected chi connectivity index (χ4v) is 5.20. The molecule has 13 heteroatoms. The number of pyridine rings is 2. The predicted octanol–water partition coefficient (Wildman–Crippen LogP) is 4.49. The number of amides is 2. The van der Waals surface area contributed by atoms with Gasteiger partial charge in [0.25, 0.3) is 5.91 Å². The minimum absolute atomic E-state index is 0.0880. The molecule has 3 aromatic heterocycles. The predicted molar refractivity (Wildman–Crippen MR) is 135 cm³/mol. The molecule has 2 aliphatic carbocycles. The lowest BCUT2D eigenvalue weighted by molar-refractivity contribution is -0.605. The highest BCUT2D eigenvalue weighted by Crippen LogP contribution is 2.51. The van der Waals surface area contributed by atoms with E-state index in [4.69, 9.17) is 0 Å². The van der Waals surface area contributed by atoms with Crippen molar-refractivity contribution in [2.24, 2.45) is 17.8 Å². The number of anilines is 1. The molecule has 0 radical (unpaired) electrons. The van der Waals surface area contributed by atoms with Crippen molar-refractivity contribution < 1.29 is 31.9 Å². The van der Waals surface area contributed by atoms with E-state index in [0.29, 0.717) is 24.2 Å². The maximum Gasteiger partial charge on any atom is 0.417 e. The zero-order chi connectivity index (χ0) is 28.8. The number of nitrogens with zero attached hydrogens (tertiary/aromatic N) is 4. The van der Waals surface area contributed by atoms with Crippen LogP contribution in [0, 0.1) is 28.9 Å². The zero-order valence-electron chi connectivity index (χ0n) is 21.8. The van der Waals surface area contributed by atoms with E-state index in [1.165, 1.54) is 6.20 Å². The quantitative estimate of drug-likeness (QED) is 0.173. The van der Waals surface area contributed by atoms with Gasteiger partial charge in [-0.25, -0.2) is 4.98 Å². The Morgan fingerprint density at radius 2 is 1.75 bits per heavy atom. The van der Waals surface area contributed by atoms with E-state index < -0.39 is 46.7 Å². The third-order valence-electron chi connectivity index (χ3n) is 7.31. The number of alkyl halides is 3. The fraction of sp³-hybridized carbons (Fsp3) is 0.444. The lowest BCUT2D eigenvalue weighted by Gasteiger charge is -2.27. The number of nitrogens with one attached hydrogen (secondary N) is 2. The van der Waals surface area contributed by atoms with Crippen molar-refractivity contribution in [3.63, 3.8) is 0 Å². The number of hydrogen-bond donors (Lipinski definition) is 2. The van der Waals surface area contributed by atoms with Crippen molar-refractivity contribution in [1.29, 1.82) is 0 Å². The zero-order valence-corrected chi connectivity index (χ0v) is 21.8. The molecule has 3 aromatic rings. The molecule has 212 valence electrons. The van der Waals surface area contributed by atoms with Crippen LogP contribution < -0.4 is 15.4 Å². The number of aromatic nitrogens is 4. The van der Waals surface area contributed by atoms with Gasteiger partial charge in [-0.2, -0.15) is 27.4 Å². The van der Waals surface area contributed by atoms with Gasteiger partial charge in [-0.3, -0.25) is 14.3 Å². The minimum atomic E-state index is -4.83. The Hall–Kier alpha value is -4.03. The highest BCUT2D eigenvalue weighted by atomic mass is 19.4. The molecule has 5 rings (SSSR count). The molecule has 0 saturated heterocycles. The molecule has 2 amide bonds. The molecular weight excluding hydrogens is 532 g/mol. The van der Waals surface area contributed by atoms with Crippen LogP contribution in [0.4, 0.5) is 23.4 Å². The Morgan fingerprint density at radius 1 is 1.07 bits per heavy atom. The molecule has 3 heterocycles. The number of halogens is 4. The number of carbonyl (C=O) groups excluding carboxylic acids is 2. The van der Waals surface area contributed by atoms with E-state index in [1.54, 1.807) is 10.7 Å². The number of hydrogen-bond acceptors (Lipinski definition) is 5. The Morgan fingerprint density at radius 3 is 2.33 bits per heavy atom. The SMILES string of the molecule is CC(C)n1nccc1C(=O)N[C@H](C(=O)Nc1ccc(-c2c[n+]([O-])ccc2C(F)(F)F)c(F)n1)C(C1CC1)C1CC1. The summed E-state index contributed by atoms with van der Waals surface area (Å²) in [4.78, 5) is 30.4. The van der Waals surface area contributed by atoms with Gasteiger partial charge >= 0.3 is 6.18 Å². The number of carbonyl (C=O) groups is 2. The second-order valence-corrected chi connectivity index (χ2v) is 10.6. The topological polar surface area (TPSA) is 116 Å². The van der Waals surface area contributed by atoms with Gasteiger partial charge in [0.15, 0.2) is 12.4 Å². The Labute approximate surface area is 227 Å². The van der Waals surface area contributed by atoms with Crippen LogP contribution in [0.15, 0.2) is 42.9 Å². The third kappa shape index (κ3) is 5.77. The van der Waals surface area contributed by atoms with E-state index in [1.807, 2.05) is 13.8 Å². The van der Waals surface area contributed by atoms with Crippen LogP contribution in [0.1, 0.15) is 61.6 Å². The molecule has 2 fully saturated rings. The van der Waals surface area contributed by atoms with Crippen LogP contribution in [0.3, 0.4) is 0 Å². The maximum absolute atomic E-state index is 15.0. The normalized spacial score (nSPS) is 16.3. The van der Waals surface area contributed by atoms with Crippen molar-refractivity contribution in [3.05, 3.63) is 65.3 Å². The van der Waals surface area contributed by atoms with Crippen molar-refractivity contribution in [2.75, 3.05) is 5.32 Å². The summed E-state index contributed by atoms with van der Waals surface area (Å²) in [5.74, 6) is -2.18. The minimum Gasteiger partial charge on any atom is -0.619 e. The van der Waals surface area contributed by atoms with Crippen LogP contribution in [-0.4, -0.2) is 32.6 Å². The summed E-state index contributed by atoms with van der Waals surface area (Å²) in [7, 11) is 0. The Kier molecular flexibility index (Phi) is 7.23. The average molecular weight is 561 g/mol. The largest absolute Gasteiger partial charge is 0.619 e. The lowest BCUT2D eigenvalue weighted by atomic mass is 9.88. The first kappa shape index (κ1) is 27.5. The molecule has 0 bridgehead atoms. The first-order chi connectivity index (χ1) is 18.9. The molecule has 9 nitrogen and oxygen atoms in total. The monoisotopic (exact) mass is 560 g/mol. The smallest absolute Gasteiger partial charge is 0.417 e. The van der Waals surface area contributed by atoms with Gasteiger partial charge < -0.3 is 15.8 Å². The highest BCUT2D eigenvalue weighted by molar-refractivity contribution is 6.00. The molecule has 40 heavy (non-hydrogen) atoms. The Balaban J connectivity index is 1.41. The summed E-state index contributed by atoms with van der Waals surface area (Å²) >= 11 is 0. The molecule has 0 aromatic carbocycles. The molecule has 0 aliphatic heterocycles. The van der Waals surface area contributed by atoms with Crippen LogP contribution in [0.5, 0.6) is 0 Å². The van der Waals surface area contributed by atoms with Crippen LogP contribution >= 0.6 is 0 Å². The van der Waals surface area contributed by atoms with Crippen molar-refractivity contribution in [2.45, 2.75) is 57.8 Å². The third-order valence-corrected chi connectivity index (χ3v) is 7.31. The molecular formula is C27H28F4N6O3. The van der Waals surface area contributed by atoms with E-state index in [2.05, 4.69) is 20.7 Å². The molecule has 2 N–H and O–H groups in total. The van der Waals surface area contributed by atoms with Crippen molar-refractivity contribution in [3.8, 4) is 11.1 Å². The first-order valence-electron chi connectivity index (χ1n) is 13.1. The van der Waals surface area contributed by atoms with Crippen LogP contribution in [0.25, 0.3) is 11.1 Å². The van der Waals surface area contributed by atoms with Crippen LogP contribution in [0.2, 0.25) is 0 Å².